The van der Waals surface area contributed by atoms with Crippen molar-refractivity contribution in [2.45, 2.75) is 26.2 Å². The Morgan fingerprint density at radius 2 is 2.04 bits per heavy atom. The van der Waals surface area contributed by atoms with Crippen LogP contribution in [-0.2, 0) is 6.42 Å². The Labute approximate surface area is 155 Å². The number of nitrogens with zero attached hydrogens (tertiary/aromatic N) is 7. The summed E-state index contributed by atoms with van der Waals surface area (Å²) in [5, 5.41) is 13.5. The van der Waals surface area contributed by atoms with Gasteiger partial charge in [0, 0.05) is 44.1 Å². The molecule has 0 spiro atoms. The third-order valence-electron chi connectivity index (χ3n) is 4.44. The molecule has 0 aliphatic carbocycles. The molecule has 0 saturated carbocycles. The van der Waals surface area contributed by atoms with E-state index in [-0.39, 0.29) is 5.56 Å². The monoisotopic (exact) mass is 371 g/mol. The zero-order valence-corrected chi connectivity index (χ0v) is 15.5. The first kappa shape index (κ1) is 16.9. The van der Waals surface area contributed by atoms with Gasteiger partial charge in [-0.25, -0.2) is 4.98 Å². The number of rotatable bonds is 4. The second kappa shape index (κ2) is 7.36. The maximum atomic E-state index is 12.3. The fraction of sp³-hybridized carbons (Fsp3) is 0.471. The minimum Gasteiger partial charge on any atom is -0.353 e. The highest BCUT2D eigenvalue weighted by molar-refractivity contribution is 7.20. The van der Waals surface area contributed by atoms with Gasteiger partial charge in [0.05, 0.1) is 0 Å². The molecule has 0 bridgehead atoms. The third-order valence-corrected chi connectivity index (χ3v) is 5.41. The van der Waals surface area contributed by atoms with Crippen LogP contribution in [0.25, 0.3) is 4.96 Å². The highest BCUT2D eigenvalue weighted by Gasteiger charge is 2.20. The van der Waals surface area contributed by atoms with Gasteiger partial charge in [-0.3, -0.25) is 4.79 Å². The normalized spacial score (nSPS) is 15.4. The summed E-state index contributed by atoms with van der Waals surface area (Å²) in [6.45, 7) is 5.58. The van der Waals surface area contributed by atoms with Gasteiger partial charge in [0.25, 0.3) is 5.56 Å². The molecule has 0 amide bonds. The Bertz CT molecular complexity index is 939. The maximum absolute atomic E-state index is 12.3. The molecule has 1 aliphatic heterocycles. The first-order valence-electron chi connectivity index (χ1n) is 8.92. The van der Waals surface area contributed by atoms with Gasteiger partial charge in [0.2, 0.25) is 10.1 Å². The summed E-state index contributed by atoms with van der Waals surface area (Å²) in [6.07, 6.45) is 4.47. The van der Waals surface area contributed by atoms with E-state index in [9.17, 15) is 4.79 Å². The zero-order chi connectivity index (χ0) is 17.9. The molecule has 1 aliphatic rings. The second-order valence-corrected chi connectivity index (χ2v) is 7.26. The fourth-order valence-electron chi connectivity index (χ4n) is 3.16. The molecule has 26 heavy (non-hydrogen) atoms. The first-order chi connectivity index (χ1) is 12.7. The Morgan fingerprint density at radius 1 is 1.19 bits per heavy atom. The van der Waals surface area contributed by atoms with Crippen LogP contribution in [0.15, 0.2) is 29.2 Å². The second-order valence-electron chi connectivity index (χ2n) is 6.32. The van der Waals surface area contributed by atoms with Gasteiger partial charge in [-0.15, -0.1) is 10.2 Å². The van der Waals surface area contributed by atoms with Gasteiger partial charge >= 0.3 is 0 Å². The molecular formula is C17H21N7OS. The van der Waals surface area contributed by atoms with E-state index < -0.39 is 0 Å². The molecular weight excluding hydrogens is 350 g/mol. The van der Waals surface area contributed by atoms with E-state index in [1.54, 1.807) is 12.3 Å². The van der Waals surface area contributed by atoms with Gasteiger partial charge < -0.3 is 9.80 Å². The molecule has 9 heteroatoms. The predicted octanol–water partition coefficient (Wildman–Crippen LogP) is 1.61. The lowest BCUT2D eigenvalue weighted by atomic mass is 10.2. The van der Waals surface area contributed by atoms with E-state index in [1.165, 1.54) is 15.9 Å². The van der Waals surface area contributed by atoms with Crippen LogP contribution in [0.1, 0.15) is 25.5 Å². The van der Waals surface area contributed by atoms with Crippen LogP contribution in [0.5, 0.6) is 0 Å². The Kier molecular flexibility index (Phi) is 4.79. The smallest absolute Gasteiger partial charge is 0.275 e. The van der Waals surface area contributed by atoms with Crippen molar-refractivity contribution in [2.75, 3.05) is 36.0 Å². The number of anilines is 2. The van der Waals surface area contributed by atoms with Crippen molar-refractivity contribution in [3.05, 3.63) is 40.4 Å². The molecule has 3 aromatic rings. The van der Waals surface area contributed by atoms with Crippen LogP contribution in [-0.4, -0.2) is 51.0 Å². The van der Waals surface area contributed by atoms with Crippen LogP contribution >= 0.6 is 11.3 Å². The summed E-state index contributed by atoms with van der Waals surface area (Å²) in [4.78, 5) is 22.0. The highest BCUT2D eigenvalue weighted by atomic mass is 32.1. The first-order valence-corrected chi connectivity index (χ1v) is 9.73. The number of aromatic nitrogens is 5. The molecule has 0 radical (unpaired) electrons. The molecule has 0 atom stereocenters. The molecule has 1 fully saturated rings. The quantitative estimate of drug-likeness (QED) is 0.689. The van der Waals surface area contributed by atoms with Gasteiger partial charge in [-0.2, -0.15) is 9.61 Å². The Hall–Kier alpha value is -2.55. The van der Waals surface area contributed by atoms with Crippen LogP contribution in [0.3, 0.4) is 0 Å². The van der Waals surface area contributed by atoms with Gasteiger partial charge in [-0.05, 0) is 25.0 Å². The molecule has 8 nitrogen and oxygen atoms in total. The molecule has 136 valence electrons. The highest BCUT2D eigenvalue weighted by Crippen LogP contribution is 2.23. The molecule has 4 rings (SSSR count). The van der Waals surface area contributed by atoms with E-state index in [0.29, 0.717) is 4.96 Å². The average molecular weight is 371 g/mol. The van der Waals surface area contributed by atoms with Crippen molar-refractivity contribution in [1.29, 1.82) is 0 Å². The van der Waals surface area contributed by atoms with E-state index >= 15 is 0 Å². The zero-order valence-electron chi connectivity index (χ0n) is 14.7. The van der Waals surface area contributed by atoms with E-state index in [4.69, 9.17) is 0 Å². The summed E-state index contributed by atoms with van der Waals surface area (Å²) < 4.78 is 1.42. The molecule has 0 aromatic carbocycles. The van der Waals surface area contributed by atoms with E-state index in [1.807, 2.05) is 12.1 Å². The van der Waals surface area contributed by atoms with Crippen LogP contribution < -0.4 is 15.4 Å². The van der Waals surface area contributed by atoms with E-state index in [0.717, 1.165) is 62.1 Å². The number of hydrogen-bond donors (Lipinski definition) is 0. The molecule has 1 saturated heterocycles. The van der Waals surface area contributed by atoms with Crippen LogP contribution in [0.2, 0.25) is 0 Å². The summed E-state index contributed by atoms with van der Waals surface area (Å²) in [6, 6.07) is 5.49. The average Bonchev–Trinajstić information content (AvgIpc) is 2.93. The maximum Gasteiger partial charge on any atom is 0.275 e. The summed E-state index contributed by atoms with van der Waals surface area (Å²) in [5.74, 6) is 0.903. The van der Waals surface area contributed by atoms with Crippen molar-refractivity contribution in [2.24, 2.45) is 0 Å². The predicted molar refractivity (Wildman–Crippen MR) is 102 cm³/mol. The Balaban J connectivity index is 1.56. The molecule has 3 aromatic heterocycles. The standard InChI is InChI=1S/C17H21N7OS/c1-2-5-13-12-15(25)24-16(19-13)26-17(21-24)23-9-4-8-22(10-11-23)14-6-3-7-18-20-14/h3,6-7,12H,2,4-5,8-11H2,1H3. The summed E-state index contributed by atoms with van der Waals surface area (Å²) in [7, 11) is 0. The number of fused-ring (bicyclic) bond motifs is 1. The lowest BCUT2D eigenvalue weighted by Crippen LogP contribution is -2.31. The van der Waals surface area contributed by atoms with Crippen molar-refractivity contribution in [3.8, 4) is 0 Å². The SMILES string of the molecule is CCCc1cc(=O)n2nc(N3CCCN(c4cccnn4)CC3)sc2n1. The van der Waals surface area contributed by atoms with Gasteiger partial charge in [0.1, 0.15) is 0 Å². The van der Waals surface area contributed by atoms with Crippen molar-refractivity contribution >= 4 is 27.2 Å². The lowest BCUT2D eigenvalue weighted by Gasteiger charge is -2.21. The summed E-state index contributed by atoms with van der Waals surface area (Å²) in [5.41, 5.74) is 0.745. The molecule has 0 unspecified atom stereocenters. The Morgan fingerprint density at radius 3 is 2.85 bits per heavy atom. The van der Waals surface area contributed by atoms with Crippen LogP contribution in [0.4, 0.5) is 10.9 Å². The molecule has 4 heterocycles. The minimum atomic E-state index is -0.100. The van der Waals surface area contributed by atoms with Crippen molar-refractivity contribution in [3.63, 3.8) is 0 Å². The fourth-order valence-corrected chi connectivity index (χ4v) is 4.14. The van der Waals surface area contributed by atoms with Crippen molar-refractivity contribution < 1.29 is 0 Å². The number of hydrogen-bond acceptors (Lipinski definition) is 8. The largest absolute Gasteiger partial charge is 0.353 e. The molecule has 0 N–H and O–H groups in total. The van der Waals surface area contributed by atoms with E-state index in [2.05, 4.69) is 37.0 Å². The third kappa shape index (κ3) is 3.39. The van der Waals surface area contributed by atoms with Crippen LogP contribution in [0, 0.1) is 0 Å². The van der Waals surface area contributed by atoms with Gasteiger partial charge in [-0.1, -0.05) is 24.7 Å². The summed E-state index contributed by atoms with van der Waals surface area (Å²) >= 11 is 1.48. The lowest BCUT2D eigenvalue weighted by molar-refractivity contribution is 0.780. The van der Waals surface area contributed by atoms with Gasteiger partial charge in [0.15, 0.2) is 5.82 Å². The minimum absolute atomic E-state index is 0.100. The topological polar surface area (TPSA) is 79.5 Å². The number of aryl methyl sites for hydroxylation is 1. The van der Waals surface area contributed by atoms with Crippen molar-refractivity contribution in [1.82, 2.24) is 24.8 Å².